The van der Waals surface area contributed by atoms with E-state index in [4.69, 9.17) is 9.47 Å². The summed E-state index contributed by atoms with van der Waals surface area (Å²) in [6.07, 6.45) is 0. The van der Waals surface area contributed by atoms with E-state index in [1.165, 1.54) is 32.4 Å². The number of ether oxygens (including phenoxy) is 2. The average molecular weight is 330 g/mol. The summed E-state index contributed by atoms with van der Waals surface area (Å²) in [4.78, 5) is 11.5. The fourth-order valence-corrected chi connectivity index (χ4v) is 2.75. The van der Waals surface area contributed by atoms with E-state index in [-0.39, 0.29) is 23.1 Å². The smallest absolute Gasteiger partial charge is 0.244 e. The summed E-state index contributed by atoms with van der Waals surface area (Å²) in [5.41, 5.74) is 0. The molecule has 0 radical (unpaired) electrons. The van der Waals surface area contributed by atoms with E-state index < -0.39 is 10.0 Å². The van der Waals surface area contributed by atoms with Crippen LogP contribution in [0, 0.1) is 5.92 Å². The molecule has 124 valence electrons. The number of methoxy groups -OCH3 is 2. The molecule has 0 bridgehead atoms. The van der Waals surface area contributed by atoms with Crippen LogP contribution in [0.2, 0.25) is 0 Å². The SMILES string of the molecule is COc1ccc(S(=O)(=O)NCC(=O)NCC(C)C)c(OC)c1. The number of hydrogen-bond acceptors (Lipinski definition) is 5. The Kier molecular flexibility index (Phi) is 6.63. The maximum Gasteiger partial charge on any atom is 0.244 e. The lowest BCUT2D eigenvalue weighted by atomic mass is 10.2. The van der Waals surface area contributed by atoms with Gasteiger partial charge in [0.25, 0.3) is 0 Å². The van der Waals surface area contributed by atoms with Crippen molar-refractivity contribution in [1.29, 1.82) is 0 Å². The second-order valence-electron chi connectivity index (χ2n) is 5.04. The number of rotatable bonds is 8. The zero-order valence-corrected chi connectivity index (χ0v) is 14.0. The van der Waals surface area contributed by atoms with Crippen LogP contribution in [0.15, 0.2) is 23.1 Å². The molecule has 0 saturated heterocycles. The second kappa shape index (κ2) is 8.00. The van der Waals surface area contributed by atoms with E-state index in [0.717, 1.165) is 0 Å². The highest BCUT2D eigenvalue weighted by molar-refractivity contribution is 7.89. The number of sulfonamides is 1. The molecular formula is C14H22N2O5S. The quantitative estimate of drug-likeness (QED) is 0.734. The van der Waals surface area contributed by atoms with Gasteiger partial charge < -0.3 is 14.8 Å². The van der Waals surface area contributed by atoms with Gasteiger partial charge in [0.05, 0.1) is 20.8 Å². The van der Waals surface area contributed by atoms with E-state index in [1.54, 1.807) is 0 Å². The molecule has 0 saturated carbocycles. The van der Waals surface area contributed by atoms with Crippen LogP contribution in [-0.4, -0.2) is 41.6 Å². The molecule has 0 spiro atoms. The molecule has 1 rings (SSSR count). The molecule has 0 unspecified atom stereocenters. The summed E-state index contributed by atoms with van der Waals surface area (Å²) < 4.78 is 36.8. The molecule has 0 aromatic heterocycles. The maximum absolute atomic E-state index is 12.2. The minimum atomic E-state index is -3.85. The molecule has 0 aliphatic heterocycles. The van der Waals surface area contributed by atoms with Crippen molar-refractivity contribution in [3.05, 3.63) is 18.2 Å². The zero-order chi connectivity index (χ0) is 16.8. The molecule has 1 amide bonds. The molecular weight excluding hydrogens is 308 g/mol. The van der Waals surface area contributed by atoms with Crippen molar-refractivity contribution in [2.45, 2.75) is 18.7 Å². The van der Waals surface area contributed by atoms with Gasteiger partial charge in [-0.15, -0.1) is 0 Å². The lowest BCUT2D eigenvalue weighted by molar-refractivity contribution is -0.120. The number of carbonyl (C=O) groups excluding carboxylic acids is 1. The van der Waals surface area contributed by atoms with Gasteiger partial charge in [0, 0.05) is 12.6 Å². The van der Waals surface area contributed by atoms with E-state index in [0.29, 0.717) is 18.2 Å². The minimum absolute atomic E-state index is 0.0486. The number of amides is 1. The van der Waals surface area contributed by atoms with Gasteiger partial charge in [0.2, 0.25) is 15.9 Å². The van der Waals surface area contributed by atoms with Crippen LogP contribution >= 0.6 is 0 Å². The van der Waals surface area contributed by atoms with Crippen molar-refractivity contribution in [1.82, 2.24) is 10.0 Å². The van der Waals surface area contributed by atoms with Gasteiger partial charge in [-0.05, 0) is 18.1 Å². The Morgan fingerprint density at radius 3 is 2.45 bits per heavy atom. The molecule has 2 N–H and O–H groups in total. The van der Waals surface area contributed by atoms with Crippen LogP contribution in [0.25, 0.3) is 0 Å². The van der Waals surface area contributed by atoms with Gasteiger partial charge in [0.1, 0.15) is 16.4 Å². The zero-order valence-electron chi connectivity index (χ0n) is 13.2. The Morgan fingerprint density at radius 2 is 1.91 bits per heavy atom. The fraction of sp³-hybridized carbons (Fsp3) is 0.500. The molecule has 0 aliphatic rings. The monoisotopic (exact) mass is 330 g/mol. The number of hydrogen-bond donors (Lipinski definition) is 2. The van der Waals surface area contributed by atoms with Gasteiger partial charge >= 0.3 is 0 Å². The number of carbonyl (C=O) groups is 1. The Hall–Kier alpha value is -1.80. The van der Waals surface area contributed by atoms with Crippen LogP contribution in [0.5, 0.6) is 11.5 Å². The van der Waals surface area contributed by atoms with E-state index in [2.05, 4.69) is 10.0 Å². The van der Waals surface area contributed by atoms with Gasteiger partial charge in [-0.2, -0.15) is 0 Å². The molecule has 0 heterocycles. The number of nitrogens with one attached hydrogen (secondary N) is 2. The van der Waals surface area contributed by atoms with Crippen molar-refractivity contribution in [3.63, 3.8) is 0 Å². The van der Waals surface area contributed by atoms with Crippen molar-refractivity contribution >= 4 is 15.9 Å². The third-order valence-corrected chi connectivity index (χ3v) is 4.23. The third kappa shape index (κ3) is 5.19. The predicted octanol–water partition coefficient (Wildman–Crippen LogP) is 0.754. The number of benzene rings is 1. The molecule has 0 atom stereocenters. The average Bonchev–Trinajstić information content (AvgIpc) is 2.50. The topological polar surface area (TPSA) is 93.7 Å². The molecule has 1 aromatic carbocycles. The summed E-state index contributed by atoms with van der Waals surface area (Å²) in [6, 6.07) is 4.34. The highest BCUT2D eigenvalue weighted by Gasteiger charge is 2.20. The van der Waals surface area contributed by atoms with E-state index in [9.17, 15) is 13.2 Å². The molecule has 0 aliphatic carbocycles. The van der Waals surface area contributed by atoms with Gasteiger partial charge in [0.15, 0.2) is 0 Å². The summed E-state index contributed by atoms with van der Waals surface area (Å²) in [7, 11) is -1.02. The predicted molar refractivity (Wildman–Crippen MR) is 82.6 cm³/mol. The van der Waals surface area contributed by atoms with Crippen LogP contribution in [0.1, 0.15) is 13.8 Å². The Bertz CT molecular complexity index is 614. The highest BCUT2D eigenvalue weighted by atomic mass is 32.2. The van der Waals surface area contributed by atoms with Gasteiger partial charge in [-0.25, -0.2) is 13.1 Å². The first kappa shape index (κ1) is 18.2. The largest absolute Gasteiger partial charge is 0.497 e. The third-order valence-electron chi connectivity index (χ3n) is 2.79. The Labute approximate surface area is 131 Å². The standard InChI is InChI=1S/C14H22N2O5S/c1-10(2)8-15-14(17)9-16-22(18,19)13-6-5-11(20-3)7-12(13)21-4/h5-7,10,16H,8-9H2,1-4H3,(H,15,17). The summed E-state index contributed by atoms with van der Waals surface area (Å²) in [6.45, 7) is 4.07. The van der Waals surface area contributed by atoms with Crippen molar-refractivity contribution in [3.8, 4) is 11.5 Å². The Balaban J connectivity index is 2.80. The van der Waals surface area contributed by atoms with Gasteiger partial charge in [-0.1, -0.05) is 13.8 Å². The normalized spacial score (nSPS) is 11.3. The van der Waals surface area contributed by atoms with E-state index in [1.807, 2.05) is 13.8 Å². The lowest BCUT2D eigenvalue weighted by Crippen LogP contribution is -2.38. The maximum atomic E-state index is 12.2. The van der Waals surface area contributed by atoms with E-state index >= 15 is 0 Å². The van der Waals surface area contributed by atoms with Crippen molar-refractivity contribution < 1.29 is 22.7 Å². The summed E-state index contributed by atoms with van der Waals surface area (Å²) in [5, 5.41) is 2.64. The first-order valence-corrected chi connectivity index (χ1v) is 8.27. The molecule has 7 nitrogen and oxygen atoms in total. The lowest BCUT2D eigenvalue weighted by Gasteiger charge is -2.12. The summed E-state index contributed by atoms with van der Waals surface area (Å²) >= 11 is 0. The molecule has 22 heavy (non-hydrogen) atoms. The molecule has 8 heteroatoms. The molecule has 0 fully saturated rings. The first-order chi connectivity index (χ1) is 10.3. The first-order valence-electron chi connectivity index (χ1n) is 6.78. The van der Waals surface area contributed by atoms with Crippen molar-refractivity contribution in [2.24, 2.45) is 5.92 Å². The highest BCUT2D eigenvalue weighted by Crippen LogP contribution is 2.27. The van der Waals surface area contributed by atoms with Crippen LogP contribution in [-0.2, 0) is 14.8 Å². The molecule has 1 aromatic rings. The Morgan fingerprint density at radius 1 is 1.23 bits per heavy atom. The summed E-state index contributed by atoms with van der Waals surface area (Å²) in [5.74, 6) is 0.534. The second-order valence-corrected chi connectivity index (χ2v) is 6.77. The van der Waals surface area contributed by atoms with Crippen LogP contribution in [0.4, 0.5) is 0 Å². The minimum Gasteiger partial charge on any atom is -0.497 e. The van der Waals surface area contributed by atoms with Crippen LogP contribution < -0.4 is 19.5 Å². The van der Waals surface area contributed by atoms with Crippen molar-refractivity contribution in [2.75, 3.05) is 27.3 Å². The van der Waals surface area contributed by atoms with Gasteiger partial charge in [-0.3, -0.25) is 4.79 Å². The fourth-order valence-electron chi connectivity index (χ4n) is 1.62. The van der Waals surface area contributed by atoms with Crippen LogP contribution in [0.3, 0.4) is 0 Å².